The quantitative estimate of drug-likeness (QED) is 0.399. The first-order valence-electron chi connectivity index (χ1n) is 9.38. The summed E-state index contributed by atoms with van der Waals surface area (Å²) < 4.78 is 23.0. The summed E-state index contributed by atoms with van der Waals surface area (Å²) in [6.45, 7) is 1.89. The van der Waals surface area contributed by atoms with E-state index in [2.05, 4.69) is 0 Å². The fraction of sp³-hybridized carbons (Fsp3) is 0.217. The summed E-state index contributed by atoms with van der Waals surface area (Å²) in [4.78, 5) is 18.1. The molecule has 0 unspecified atom stereocenters. The molecule has 0 aromatic heterocycles. The van der Waals surface area contributed by atoms with E-state index < -0.39 is 25.6 Å². The van der Waals surface area contributed by atoms with Crippen molar-refractivity contribution in [2.24, 2.45) is 0 Å². The predicted molar refractivity (Wildman–Crippen MR) is 113 cm³/mol. The average Bonchev–Trinajstić information content (AvgIpc) is 2.74. The number of ether oxygens (including phenoxy) is 2. The van der Waals surface area contributed by atoms with Crippen LogP contribution in [0, 0.1) is 0 Å². The molecule has 1 atom stereocenters. The smallest absolute Gasteiger partial charge is 0.350 e. The Kier molecular flexibility index (Phi) is 7.01. The Morgan fingerprint density at radius 2 is 1.17 bits per heavy atom. The molecule has 0 fully saturated rings. The van der Waals surface area contributed by atoms with Crippen LogP contribution in [0.3, 0.4) is 0 Å². The number of rotatable bonds is 9. The standard InChI is InChI=1S/C23H25O5P/c1-19(27-18-29(24,25)26)17-28-23(20-11-5-2-6-12-20,21-13-7-3-8-14-21)22-15-9-4-10-16-22/h2-16,19H,17-18H2,1H3,(H2,24,25,26)/t19-/m1/s1. The van der Waals surface area contributed by atoms with Gasteiger partial charge in [-0.3, -0.25) is 4.57 Å². The third-order valence-corrected chi connectivity index (χ3v) is 5.09. The minimum atomic E-state index is -4.24. The maximum Gasteiger partial charge on any atom is 0.350 e. The Balaban J connectivity index is 2.02. The largest absolute Gasteiger partial charge is 0.363 e. The SMILES string of the molecule is C[C@H](COC(c1ccccc1)(c1ccccc1)c1ccccc1)OCP(=O)(O)O. The number of hydrogen-bond donors (Lipinski definition) is 2. The van der Waals surface area contributed by atoms with Gasteiger partial charge in [-0.25, -0.2) is 0 Å². The molecule has 3 aromatic carbocycles. The first-order chi connectivity index (χ1) is 13.9. The van der Waals surface area contributed by atoms with E-state index >= 15 is 0 Å². The van der Waals surface area contributed by atoms with Gasteiger partial charge in [0.05, 0.1) is 12.7 Å². The van der Waals surface area contributed by atoms with Crippen LogP contribution >= 0.6 is 7.60 Å². The van der Waals surface area contributed by atoms with Crippen molar-refractivity contribution < 1.29 is 23.8 Å². The van der Waals surface area contributed by atoms with E-state index in [1.807, 2.05) is 91.0 Å². The van der Waals surface area contributed by atoms with Crippen LogP contribution < -0.4 is 0 Å². The molecular formula is C23H25O5P. The summed E-state index contributed by atoms with van der Waals surface area (Å²) in [5, 5.41) is 0. The monoisotopic (exact) mass is 412 g/mol. The molecule has 2 N–H and O–H groups in total. The molecule has 3 rings (SSSR count). The van der Waals surface area contributed by atoms with Crippen molar-refractivity contribution in [1.82, 2.24) is 0 Å². The van der Waals surface area contributed by atoms with Crippen molar-refractivity contribution in [3.8, 4) is 0 Å². The predicted octanol–water partition coefficient (Wildman–Crippen LogP) is 4.54. The van der Waals surface area contributed by atoms with Crippen molar-refractivity contribution in [3.05, 3.63) is 108 Å². The molecule has 0 radical (unpaired) electrons. The summed E-state index contributed by atoms with van der Waals surface area (Å²) in [5.41, 5.74) is 1.99. The zero-order valence-electron chi connectivity index (χ0n) is 16.2. The summed E-state index contributed by atoms with van der Waals surface area (Å²) in [6.07, 6.45) is -1.13. The lowest BCUT2D eigenvalue weighted by molar-refractivity contribution is -0.0512. The molecule has 0 aliphatic heterocycles. The van der Waals surface area contributed by atoms with Crippen molar-refractivity contribution in [2.75, 3.05) is 13.0 Å². The molecule has 6 heteroatoms. The highest BCUT2D eigenvalue weighted by atomic mass is 31.2. The van der Waals surface area contributed by atoms with Crippen molar-refractivity contribution >= 4 is 7.60 Å². The fourth-order valence-electron chi connectivity index (χ4n) is 3.28. The van der Waals surface area contributed by atoms with Crippen LogP contribution in [0.5, 0.6) is 0 Å². The molecule has 0 heterocycles. The van der Waals surface area contributed by atoms with Gasteiger partial charge in [0, 0.05) is 0 Å². The zero-order chi connectivity index (χ0) is 20.7. The van der Waals surface area contributed by atoms with Crippen molar-refractivity contribution in [3.63, 3.8) is 0 Å². The van der Waals surface area contributed by atoms with Crippen LogP contribution in [0.2, 0.25) is 0 Å². The highest BCUT2D eigenvalue weighted by Crippen LogP contribution is 2.41. The molecular weight excluding hydrogens is 387 g/mol. The lowest BCUT2D eigenvalue weighted by Crippen LogP contribution is -2.35. The zero-order valence-corrected chi connectivity index (χ0v) is 17.1. The van der Waals surface area contributed by atoms with E-state index in [-0.39, 0.29) is 6.61 Å². The molecule has 0 aliphatic rings. The molecule has 0 amide bonds. The first kappa shape index (κ1) is 21.4. The van der Waals surface area contributed by atoms with E-state index in [0.717, 1.165) is 16.7 Å². The van der Waals surface area contributed by atoms with Crippen LogP contribution in [0.25, 0.3) is 0 Å². The summed E-state index contributed by atoms with van der Waals surface area (Å²) in [7, 11) is -4.24. The maximum atomic E-state index is 11.1. The molecule has 0 aliphatic carbocycles. The third-order valence-electron chi connectivity index (χ3n) is 4.60. The first-order valence-corrected chi connectivity index (χ1v) is 11.2. The topological polar surface area (TPSA) is 76.0 Å². The molecule has 0 bridgehead atoms. The van der Waals surface area contributed by atoms with E-state index in [1.165, 1.54) is 0 Å². The van der Waals surface area contributed by atoms with E-state index in [1.54, 1.807) is 6.92 Å². The van der Waals surface area contributed by atoms with Crippen LogP contribution in [-0.4, -0.2) is 28.8 Å². The van der Waals surface area contributed by atoms with Gasteiger partial charge in [-0.2, -0.15) is 0 Å². The van der Waals surface area contributed by atoms with Gasteiger partial charge < -0.3 is 19.3 Å². The van der Waals surface area contributed by atoms with Gasteiger partial charge in [-0.05, 0) is 23.6 Å². The van der Waals surface area contributed by atoms with Crippen molar-refractivity contribution in [2.45, 2.75) is 18.6 Å². The van der Waals surface area contributed by atoms with Crippen LogP contribution in [-0.2, 0) is 19.6 Å². The second-order valence-electron chi connectivity index (χ2n) is 6.86. The average molecular weight is 412 g/mol. The van der Waals surface area contributed by atoms with Gasteiger partial charge in [-0.15, -0.1) is 0 Å². The van der Waals surface area contributed by atoms with E-state index in [9.17, 15) is 4.57 Å². The fourth-order valence-corrected chi connectivity index (χ4v) is 3.73. The van der Waals surface area contributed by atoms with E-state index in [4.69, 9.17) is 19.3 Å². The van der Waals surface area contributed by atoms with Crippen LogP contribution in [0.4, 0.5) is 0 Å². The molecule has 0 saturated carbocycles. The molecule has 29 heavy (non-hydrogen) atoms. The Morgan fingerprint density at radius 3 is 1.52 bits per heavy atom. The summed E-state index contributed by atoms with van der Waals surface area (Å²) >= 11 is 0. The molecule has 0 saturated heterocycles. The van der Waals surface area contributed by atoms with Gasteiger partial charge in [0.1, 0.15) is 11.9 Å². The summed E-state index contributed by atoms with van der Waals surface area (Å²) in [5.74, 6) is 0. The molecule has 152 valence electrons. The maximum absolute atomic E-state index is 11.1. The van der Waals surface area contributed by atoms with Gasteiger partial charge in [0.2, 0.25) is 0 Å². The lowest BCUT2D eigenvalue weighted by Gasteiger charge is -2.36. The Morgan fingerprint density at radius 1 is 0.793 bits per heavy atom. The number of benzene rings is 3. The van der Waals surface area contributed by atoms with Crippen molar-refractivity contribution in [1.29, 1.82) is 0 Å². The Bertz CT molecular complexity index is 829. The van der Waals surface area contributed by atoms with Gasteiger partial charge in [0.25, 0.3) is 0 Å². The number of hydrogen-bond acceptors (Lipinski definition) is 3. The highest BCUT2D eigenvalue weighted by molar-refractivity contribution is 7.51. The second-order valence-corrected chi connectivity index (χ2v) is 8.45. The minimum Gasteiger partial charge on any atom is -0.363 e. The van der Waals surface area contributed by atoms with Crippen LogP contribution in [0.15, 0.2) is 91.0 Å². The molecule has 5 nitrogen and oxygen atoms in total. The normalized spacial score (nSPS) is 13.2. The van der Waals surface area contributed by atoms with E-state index in [0.29, 0.717) is 0 Å². The van der Waals surface area contributed by atoms with Gasteiger partial charge in [-0.1, -0.05) is 91.0 Å². The Hall–Kier alpha value is -2.27. The summed E-state index contributed by atoms with van der Waals surface area (Å²) in [6, 6.07) is 29.7. The van der Waals surface area contributed by atoms with Crippen LogP contribution in [0.1, 0.15) is 23.6 Å². The highest BCUT2D eigenvalue weighted by Gasteiger charge is 2.38. The van der Waals surface area contributed by atoms with Gasteiger partial charge in [0.15, 0.2) is 0 Å². The second kappa shape index (κ2) is 9.49. The van der Waals surface area contributed by atoms with Gasteiger partial charge >= 0.3 is 7.60 Å². The lowest BCUT2D eigenvalue weighted by atomic mass is 9.80. The molecule has 0 spiro atoms. The third kappa shape index (κ3) is 5.41. The molecule has 3 aromatic rings. The minimum absolute atomic E-state index is 0.151. The Labute approximate surface area is 171 Å².